The van der Waals surface area contributed by atoms with E-state index >= 15 is 0 Å². The molecule has 5 heteroatoms. The Hall–Kier alpha value is -0.420. The number of carbonyl (C=O) groups is 1. The van der Waals surface area contributed by atoms with Gasteiger partial charge in [-0.2, -0.15) is 0 Å². The molecule has 1 saturated heterocycles. The van der Waals surface area contributed by atoms with Crippen molar-refractivity contribution in [3.63, 3.8) is 0 Å². The molecule has 0 saturated carbocycles. The predicted octanol–water partition coefficient (Wildman–Crippen LogP) is 1.61. The molecule has 1 aliphatic rings. The summed E-state index contributed by atoms with van der Waals surface area (Å²) < 4.78 is 16.1. The molecule has 1 N–H and O–H groups in total. The zero-order chi connectivity index (χ0) is 13.2. The van der Waals surface area contributed by atoms with E-state index in [4.69, 9.17) is 4.74 Å². The highest BCUT2D eigenvalue weighted by Gasteiger charge is 2.16. The van der Waals surface area contributed by atoms with Gasteiger partial charge in [-0.25, -0.2) is 0 Å². The summed E-state index contributed by atoms with van der Waals surface area (Å²) in [6, 6.07) is 0.549. The number of hydrogen-bond donors (Lipinski definition) is 1. The monoisotopic (exact) mass is 275 g/mol. The normalized spacial score (nSPS) is 23.8. The predicted molar refractivity (Wildman–Crippen MR) is 74.0 cm³/mol. The van der Waals surface area contributed by atoms with E-state index in [9.17, 15) is 9.00 Å². The first-order valence-electron chi connectivity index (χ1n) is 6.96. The summed E-state index contributed by atoms with van der Waals surface area (Å²) in [5, 5.41) is 3.50. The first kappa shape index (κ1) is 15.6. The molecule has 0 radical (unpaired) electrons. The van der Waals surface area contributed by atoms with Crippen LogP contribution in [0.3, 0.4) is 0 Å². The summed E-state index contributed by atoms with van der Waals surface area (Å²) in [5.41, 5.74) is 0. The number of carbonyl (C=O) groups excluding carboxylic acids is 1. The molecule has 0 atom stereocenters. The van der Waals surface area contributed by atoms with E-state index in [2.05, 4.69) is 5.32 Å². The average Bonchev–Trinajstić information content (AvgIpc) is 2.36. The minimum atomic E-state index is -0.570. The van der Waals surface area contributed by atoms with Crippen molar-refractivity contribution in [3.05, 3.63) is 0 Å². The fourth-order valence-corrected chi connectivity index (χ4v) is 3.41. The van der Waals surface area contributed by atoms with Crippen LogP contribution >= 0.6 is 0 Å². The van der Waals surface area contributed by atoms with Gasteiger partial charge in [-0.05, 0) is 39.2 Å². The molecule has 4 nitrogen and oxygen atoms in total. The van der Waals surface area contributed by atoms with Gasteiger partial charge in [0.15, 0.2) is 0 Å². The van der Waals surface area contributed by atoms with Gasteiger partial charge < -0.3 is 10.1 Å². The standard InChI is InChI=1S/C13H25NO3S/c1-2-17-13(15)6-4-3-5-9-14-12-7-10-18(16)11-8-12/h12,14H,2-11H2,1H3. The van der Waals surface area contributed by atoms with Crippen LogP contribution in [0.25, 0.3) is 0 Å². The van der Waals surface area contributed by atoms with Crippen LogP contribution in [0.15, 0.2) is 0 Å². The van der Waals surface area contributed by atoms with E-state index in [0.29, 0.717) is 19.1 Å². The molecule has 1 fully saturated rings. The van der Waals surface area contributed by atoms with Gasteiger partial charge in [-0.1, -0.05) is 6.42 Å². The third-order valence-electron chi connectivity index (χ3n) is 3.18. The Labute approximate surface area is 112 Å². The highest BCUT2D eigenvalue weighted by Crippen LogP contribution is 2.09. The van der Waals surface area contributed by atoms with Gasteiger partial charge in [0.2, 0.25) is 0 Å². The Kier molecular flexibility index (Phi) is 8.25. The molecule has 106 valence electrons. The lowest BCUT2D eigenvalue weighted by Crippen LogP contribution is -2.36. The van der Waals surface area contributed by atoms with E-state index in [0.717, 1.165) is 50.2 Å². The summed E-state index contributed by atoms with van der Waals surface area (Å²) in [7, 11) is -0.570. The molecule has 0 aromatic heterocycles. The molecular weight excluding hydrogens is 250 g/mol. The lowest BCUT2D eigenvalue weighted by Gasteiger charge is -2.22. The quantitative estimate of drug-likeness (QED) is 0.540. The van der Waals surface area contributed by atoms with Crippen molar-refractivity contribution in [1.29, 1.82) is 0 Å². The number of rotatable bonds is 8. The SMILES string of the molecule is CCOC(=O)CCCCCNC1CCS(=O)CC1. The maximum absolute atomic E-state index is 11.2. The van der Waals surface area contributed by atoms with Gasteiger partial charge in [-0.3, -0.25) is 9.00 Å². The molecular formula is C13H25NO3S. The topological polar surface area (TPSA) is 55.4 Å². The highest BCUT2D eigenvalue weighted by molar-refractivity contribution is 7.85. The van der Waals surface area contributed by atoms with Crippen LogP contribution in [0.4, 0.5) is 0 Å². The third kappa shape index (κ3) is 7.11. The Morgan fingerprint density at radius 2 is 2.00 bits per heavy atom. The van der Waals surface area contributed by atoms with Crippen LogP contribution in [0.5, 0.6) is 0 Å². The lowest BCUT2D eigenvalue weighted by molar-refractivity contribution is -0.143. The number of ether oxygens (including phenoxy) is 1. The Morgan fingerprint density at radius 3 is 2.67 bits per heavy atom. The van der Waals surface area contributed by atoms with Gasteiger partial charge in [0.05, 0.1) is 6.61 Å². The van der Waals surface area contributed by atoms with E-state index in [-0.39, 0.29) is 5.97 Å². The van der Waals surface area contributed by atoms with Crippen LogP contribution in [0, 0.1) is 0 Å². The van der Waals surface area contributed by atoms with Gasteiger partial charge in [0.25, 0.3) is 0 Å². The molecule has 0 aromatic rings. The van der Waals surface area contributed by atoms with Crippen LogP contribution in [-0.4, -0.2) is 40.9 Å². The molecule has 0 bridgehead atoms. The fraction of sp³-hybridized carbons (Fsp3) is 0.923. The Balaban J connectivity index is 1.89. The molecule has 0 aromatic carbocycles. The smallest absolute Gasteiger partial charge is 0.305 e. The zero-order valence-corrected chi connectivity index (χ0v) is 12.1. The molecule has 0 aliphatic carbocycles. The number of nitrogens with one attached hydrogen (secondary N) is 1. The second kappa shape index (κ2) is 9.50. The summed E-state index contributed by atoms with van der Waals surface area (Å²) in [6.07, 6.45) is 5.68. The molecule has 0 unspecified atom stereocenters. The minimum absolute atomic E-state index is 0.0831. The van der Waals surface area contributed by atoms with Gasteiger partial charge in [0.1, 0.15) is 0 Å². The number of hydrogen-bond acceptors (Lipinski definition) is 4. The van der Waals surface area contributed by atoms with E-state index < -0.39 is 10.8 Å². The molecule has 18 heavy (non-hydrogen) atoms. The van der Waals surface area contributed by atoms with Crippen molar-refractivity contribution in [2.45, 2.75) is 51.5 Å². The molecule has 0 amide bonds. The average molecular weight is 275 g/mol. The fourth-order valence-electron chi connectivity index (χ4n) is 2.11. The highest BCUT2D eigenvalue weighted by atomic mass is 32.2. The van der Waals surface area contributed by atoms with Crippen LogP contribution in [0.2, 0.25) is 0 Å². The van der Waals surface area contributed by atoms with Crippen LogP contribution in [-0.2, 0) is 20.3 Å². The van der Waals surface area contributed by atoms with E-state index in [1.165, 1.54) is 0 Å². The van der Waals surface area contributed by atoms with Crippen molar-refractivity contribution in [2.24, 2.45) is 0 Å². The summed E-state index contributed by atoms with van der Waals surface area (Å²) in [6.45, 7) is 3.31. The number of unbranched alkanes of at least 4 members (excludes halogenated alkanes) is 2. The third-order valence-corrected chi connectivity index (χ3v) is 4.57. The summed E-state index contributed by atoms with van der Waals surface area (Å²) in [5.74, 6) is 1.61. The largest absolute Gasteiger partial charge is 0.466 e. The Morgan fingerprint density at radius 1 is 1.28 bits per heavy atom. The van der Waals surface area contributed by atoms with Gasteiger partial charge in [-0.15, -0.1) is 0 Å². The molecule has 1 rings (SSSR count). The lowest BCUT2D eigenvalue weighted by atomic mass is 10.1. The van der Waals surface area contributed by atoms with Gasteiger partial charge in [0, 0.05) is 34.8 Å². The first-order valence-corrected chi connectivity index (χ1v) is 8.45. The molecule has 0 spiro atoms. The maximum Gasteiger partial charge on any atom is 0.305 e. The second-order valence-electron chi connectivity index (χ2n) is 4.69. The number of esters is 1. The zero-order valence-electron chi connectivity index (χ0n) is 11.3. The van der Waals surface area contributed by atoms with Crippen LogP contribution < -0.4 is 5.32 Å². The summed E-state index contributed by atoms with van der Waals surface area (Å²) in [4.78, 5) is 11.1. The minimum Gasteiger partial charge on any atom is -0.466 e. The molecule has 1 aliphatic heterocycles. The van der Waals surface area contributed by atoms with E-state index in [1.807, 2.05) is 6.92 Å². The van der Waals surface area contributed by atoms with Crippen molar-refractivity contribution in [2.75, 3.05) is 24.7 Å². The van der Waals surface area contributed by atoms with E-state index in [1.54, 1.807) is 0 Å². The van der Waals surface area contributed by atoms with Crippen molar-refractivity contribution >= 4 is 16.8 Å². The van der Waals surface area contributed by atoms with Gasteiger partial charge >= 0.3 is 5.97 Å². The summed E-state index contributed by atoms with van der Waals surface area (Å²) >= 11 is 0. The van der Waals surface area contributed by atoms with Crippen LogP contribution in [0.1, 0.15) is 45.4 Å². The van der Waals surface area contributed by atoms with Crippen molar-refractivity contribution in [1.82, 2.24) is 5.32 Å². The Bertz CT molecular complexity index is 261. The van der Waals surface area contributed by atoms with Crippen molar-refractivity contribution in [3.8, 4) is 0 Å². The molecule has 1 heterocycles. The first-order chi connectivity index (χ1) is 8.72. The van der Waals surface area contributed by atoms with Crippen molar-refractivity contribution < 1.29 is 13.7 Å². The maximum atomic E-state index is 11.2. The second-order valence-corrected chi connectivity index (χ2v) is 6.39.